The summed E-state index contributed by atoms with van der Waals surface area (Å²) in [6, 6.07) is 0. The van der Waals surface area contributed by atoms with E-state index in [2.05, 4.69) is 20.4 Å². The Labute approximate surface area is 93.7 Å². The molecule has 0 spiro atoms. The quantitative estimate of drug-likeness (QED) is 0.844. The summed E-state index contributed by atoms with van der Waals surface area (Å²) in [6.45, 7) is 7.17. The summed E-state index contributed by atoms with van der Waals surface area (Å²) >= 11 is 0. The molecule has 0 radical (unpaired) electrons. The van der Waals surface area contributed by atoms with Gasteiger partial charge in [0.05, 0.1) is 5.69 Å². The average molecular weight is 221 g/mol. The van der Waals surface area contributed by atoms with Gasteiger partial charge in [-0.3, -0.25) is 0 Å². The number of imidazole rings is 1. The molecule has 0 unspecified atom stereocenters. The van der Waals surface area contributed by atoms with Crippen LogP contribution in [0.1, 0.15) is 24.3 Å². The zero-order valence-electron chi connectivity index (χ0n) is 9.69. The molecule has 6 nitrogen and oxygen atoms in total. The molecule has 16 heavy (non-hydrogen) atoms. The van der Waals surface area contributed by atoms with Crippen LogP contribution in [-0.2, 0) is 6.54 Å². The molecule has 2 rings (SSSR count). The van der Waals surface area contributed by atoms with Crippen molar-refractivity contribution in [1.29, 1.82) is 0 Å². The minimum Gasteiger partial charge on any atom is -0.356 e. The highest BCUT2D eigenvalue weighted by atomic mass is 16.5. The van der Waals surface area contributed by atoms with Crippen LogP contribution in [0.15, 0.2) is 10.7 Å². The molecule has 6 heteroatoms. The molecule has 2 aromatic rings. The molecule has 0 amide bonds. The summed E-state index contributed by atoms with van der Waals surface area (Å²) in [7, 11) is 0. The molecule has 0 saturated carbocycles. The summed E-state index contributed by atoms with van der Waals surface area (Å²) in [4.78, 5) is 8.53. The Morgan fingerprint density at radius 1 is 1.38 bits per heavy atom. The lowest BCUT2D eigenvalue weighted by Crippen LogP contribution is -2.07. The number of nitrogens with one attached hydrogen (secondary N) is 1. The summed E-state index contributed by atoms with van der Waals surface area (Å²) in [6.07, 6.45) is 1.96. The number of hydrogen-bond donors (Lipinski definition) is 1. The molecular weight excluding hydrogens is 206 g/mol. The van der Waals surface area contributed by atoms with Crippen molar-refractivity contribution in [2.75, 3.05) is 11.9 Å². The summed E-state index contributed by atoms with van der Waals surface area (Å²) in [5.41, 5.74) is 0.965. The third-order valence-corrected chi connectivity index (χ3v) is 2.11. The molecule has 0 atom stereocenters. The van der Waals surface area contributed by atoms with Gasteiger partial charge in [0.1, 0.15) is 6.54 Å². The minimum absolute atomic E-state index is 0.546. The fourth-order valence-corrected chi connectivity index (χ4v) is 1.52. The van der Waals surface area contributed by atoms with Gasteiger partial charge >= 0.3 is 0 Å². The van der Waals surface area contributed by atoms with E-state index in [-0.39, 0.29) is 0 Å². The van der Waals surface area contributed by atoms with E-state index in [1.165, 1.54) is 0 Å². The lowest BCUT2D eigenvalue weighted by molar-refractivity contribution is 0.368. The summed E-state index contributed by atoms with van der Waals surface area (Å²) < 4.78 is 7.04. The SMILES string of the molecule is CCNc1nc(C)cn1Cc1nc(C)no1. The Morgan fingerprint density at radius 3 is 2.81 bits per heavy atom. The summed E-state index contributed by atoms with van der Waals surface area (Å²) in [5, 5.41) is 6.94. The molecule has 0 aliphatic rings. The van der Waals surface area contributed by atoms with Crippen molar-refractivity contribution >= 4 is 5.95 Å². The van der Waals surface area contributed by atoms with Crippen molar-refractivity contribution < 1.29 is 4.52 Å². The fourth-order valence-electron chi connectivity index (χ4n) is 1.52. The van der Waals surface area contributed by atoms with Gasteiger partial charge in [-0.15, -0.1) is 0 Å². The number of rotatable bonds is 4. The normalized spacial score (nSPS) is 10.7. The number of aromatic nitrogens is 4. The van der Waals surface area contributed by atoms with Gasteiger partial charge in [0.25, 0.3) is 0 Å². The van der Waals surface area contributed by atoms with Crippen LogP contribution in [-0.4, -0.2) is 26.2 Å². The monoisotopic (exact) mass is 221 g/mol. The molecular formula is C10H15N5O. The van der Waals surface area contributed by atoms with Gasteiger partial charge in [0.15, 0.2) is 5.82 Å². The predicted octanol–water partition coefficient (Wildman–Crippen LogP) is 1.36. The van der Waals surface area contributed by atoms with Gasteiger partial charge in [-0.2, -0.15) is 4.98 Å². The van der Waals surface area contributed by atoms with E-state index in [1.54, 1.807) is 6.92 Å². The van der Waals surface area contributed by atoms with Crippen LogP contribution >= 0.6 is 0 Å². The number of aryl methyl sites for hydroxylation is 2. The van der Waals surface area contributed by atoms with Crippen molar-refractivity contribution in [2.45, 2.75) is 27.3 Å². The van der Waals surface area contributed by atoms with Crippen LogP contribution in [0.2, 0.25) is 0 Å². The number of hydrogen-bond acceptors (Lipinski definition) is 5. The van der Waals surface area contributed by atoms with E-state index in [9.17, 15) is 0 Å². The second kappa shape index (κ2) is 4.34. The maximum absolute atomic E-state index is 5.07. The van der Waals surface area contributed by atoms with Gasteiger partial charge in [-0.1, -0.05) is 5.16 Å². The molecule has 0 fully saturated rings. The second-order valence-corrected chi connectivity index (χ2v) is 3.60. The maximum Gasteiger partial charge on any atom is 0.246 e. The molecule has 0 aliphatic heterocycles. The average Bonchev–Trinajstić information content (AvgIpc) is 2.76. The van der Waals surface area contributed by atoms with Crippen molar-refractivity contribution in [2.24, 2.45) is 0 Å². The van der Waals surface area contributed by atoms with Gasteiger partial charge in [0, 0.05) is 12.7 Å². The smallest absolute Gasteiger partial charge is 0.246 e. The van der Waals surface area contributed by atoms with Crippen molar-refractivity contribution in [3.63, 3.8) is 0 Å². The topological polar surface area (TPSA) is 68.8 Å². The Bertz CT molecular complexity index is 473. The lowest BCUT2D eigenvalue weighted by atomic mass is 10.5. The molecule has 0 aromatic carbocycles. The lowest BCUT2D eigenvalue weighted by Gasteiger charge is -2.04. The zero-order valence-corrected chi connectivity index (χ0v) is 9.69. The molecule has 1 N–H and O–H groups in total. The molecule has 0 saturated heterocycles. The molecule has 2 heterocycles. The van der Waals surface area contributed by atoms with Crippen molar-refractivity contribution in [3.8, 4) is 0 Å². The standard InChI is InChI=1S/C10H15N5O/c1-4-11-10-12-7(2)5-15(10)6-9-13-8(3)14-16-9/h5H,4,6H2,1-3H3,(H,11,12). The first-order valence-corrected chi connectivity index (χ1v) is 5.26. The van der Waals surface area contributed by atoms with Gasteiger partial charge in [-0.05, 0) is 20.8 Å². The maximum atomic E-state index is 5.07. The van der Waals surface area contributed by atoms with E-state index in [0.29, 0.717) is 18.3 Å². The zero-order chi connectivity index (χ0) is 11.5. The first-order valence-electron chi connectivity index (χ1n) is 5.26. The van der Waals surface area contributed by atoms with E-state index >= 15 is 0 Å². The highest BCUT2D eigenvalue weighted by Crippen LogP contribution is 2.10. The van der Waals surface area contributed by atoms with Gasteiger partial charge in [0.2, 0.25) is 11.8 Å². The van der Waals surface area contributed by atoms with Gasteiger partial charge < -0.3 is 14.4 Å². The third-order valence-electron chi connectivity index (χ3n) is 2.11. The Balaban J connectivity index is 2.19. The Kier molecular flexibility index (Phi) is 2.89. The second-order valence-electron chi connectivity index (χ2n) is 3.60. The predicted molar refractivity (Wildman–Crippen MR) is 59.3 cm³/mol. The number of anilines is 1. The van der Waals surface area contributed by atoms with Crippen LogP contribution < -0.4 is 5.32 Å². The van der Waals surface area contributed by atoms with E-state index in [4.69, 9.17) is 4.52 Å². The van der Waals surface area contributed by atoms with Crippen LogP contribution in [0.3, 0.4) is 0 Å². The van der Waals surface area contributed by atoms with Crippen LogP contribution in [0.5, 0.6) is 0 Å². The first kappa shape index (κ1) is 10.7. The van der Waals surface area contributed by atoms with E-state index in [0.717, 1.165) is 18.2 Å². The fraction of sp³-hybridized carbons (Fsp3) is 0.500. The third kappa shape index (κ3) is 2.21. The summed E-state index contributed by atoms with van der Waals surface area (Å²) in [5.74, 6) is 2.07. The van der Waals surface area contributed by atoms with Crippen LogP contribution in [0.4, 0.5) is 5.95 Å². The minimum atomic E-state index is 0.546. The Hall–Kier alpha value is -1.85. The van der Waals surface area contributed by atoms with Crippen LogP contribution in [0.25, 0.3) is 0 Å². The number of nitrogens with zero attached hydrogens (tertiary/aromatic N) is 4. The van der Waals surface area contributed by atoms with E-state index in [1.807, 2.05) is 24.6 Å². The highest BCUT2D eigenvalue weighted by Gasteiger charge is 2.08. The van der Waals surface area contributed by atoms with Crippen molar-refractivity contribution in [3.05, 3.63) is 23.6 Å². The first-order chi connectivity index (χ1) is 7.69. The molecule has 0 aliphatic carbocycles. The van der Waals surface area contributed by atoms with Crippen molar-refractivity contribution in [1.82, 2.24) is 19.7 Å². The Morgan fingerprint density at radius 2 is 2.19 bits per heavy atom. The van der Waals surface area contributed by atoms with Gasteiger partial charge in [-0.25, -0.2) is 4.98 Å². The molecule has 86 valence electrons. The largest absolute Gasteiger partial charge is 0.356 e. The van der Waals surface area contributed by atoms with E-state index < -0.39 is 0 Å². The molecule has 0 bridgehead atoms. The highest BCUT2D eigenvalue weighted by molar-refractivity contribution is 5.28. The van der Waals surface area contributed by atoms with Crippen LogP contribution in [0, 0.1) is 13.8 Å². The molecule has 2 aromatic heterocycles.